The van der Waals surface area contributed by atoms with E-state index in [1.807, 2.05) is 21.9 Å². The zero-order valence-corrected chi connectivity index (χ0v) is 21.2. The van der Waals surface area contributed by atoms with E-state index in [4.69, 9.17) is 0 Å². The van der Waals surface area contributed by atoms with E-state index in [0.717, 1.165) is 36.8 Å². The molecule has 1 aromatic heterocycles. The second-order valence-electron chi connectivity index (χ2n) is 9.75. The molecule has 32 heavy (non-hydrogen) atoms. The molecule has 2 saturated heterocycles. The third-order valence-electron chi connectivity index (χ3n) is 6.26. The monoisotopic (exact) mass is 471 g/mol. The Hall–Kier alpha value is -2.39. The summed E-state index contributed by atoms with van der Waals surface area (Å²) in [5, 5.41) is 5.29. The molecule has 0 radical (unpaired) electrons. The summed E-state index contributed by atoms with van der Waals surface area (Å²) in [6, 6.07) is 8.25. The Morgan fingerprint density at radius 1 is 1.06 bits per heavy atom. The Balaban J connectivity index is 1.34. The lowest BCUT2D eigenvalue weighted by Gasteiger charge is -2.39. The van der Waals surface area contributed by atoms with Crippen LogP contribution in [-0.2, 0) is 0 Å². The maximum Gasteiger partial charge on any atom is 0.322 e. The smallest absolute Gasteiger partial charge is 0.322 e. The number of carbonyl (C=O) groups is 2. The van der Waals surface area contributed by atoms with Gasteiger partial charge in [0.2, 0.25) is 0 Å². The lowest BCUT2D eigenvalue weighted by atomic mass is 10.2. The molecule has 2 aliphatic heterocycles. The molecule has 0 spiro atoms. The molecule has 1 N–H and O–H groups in total. The van der Waals surface area contributed by atoms with Crippen molar-refractivity contribution in [1.82, 2.24) is 14.8 Å². The van der Waals surface area contributed by atoms with Crippen molar-refractivity contribution in [3.05, 3.63) is 35.3 Å². The molecule has 0 unspecified atom stereocenters. The third-order valence-corrected chi connectivity index (χ3v) is 9.37. The van der Waals surface area contributed by atoms with Crippen LogP contribution in [0, 0.1) is 0 Å². The highest BCUT2D eigenvalue weighted by Crippen LogP contribution is 2.27. The number of rotatable bonds is 4. The van der Waals surface area contributed by atoms with Crippen LogP contribution in [0.25, 0.3) is 0 Å². The van der Waals surface area contributed by atoms with Gasteiger partial charge in [0.25, 0.3) is 5.91 Å². The number of nitrogens with one attached hydrogen (secondary N) is 1. The van der Waals surface area contributed by atoms with Crippen LogP contribution in [0.4, 0.5) is 15.6 Å². The van der Waals surface area contributed by atoms with Crippen LogP contribution in [0.5, 0.6) is 0 Å². The minimum absolute atomic E-state index is 0.0478. The van der Waals surface area contributed by atoms with E-state index in [1.54, 1.807) is 6.20 Å². The SMILES string of the molecule is C[C@@H]1CN(c2ncc(C(=O)N3CCCC3)s2)CCN1C(=O)Nc1ccc([Si](C)(C)C)cc1. The fraction of sp³-hybridized carbons (Fsp3) is 0.522. The number of likely N-dealkylation sites (tertiary alicyclic amines) is 1. The molecule has 3 heterocycles. The van der Waals surface area contributed by atoms with Crippen LogP contribution >= 0.6 is 11.3 Å². The van der Waals surface area contributed by atoms with Gasteiger partial charge in [0, 0.05) is 44.5 Å². The molecule has 7 nitrogen and oxygen atoms in total. The molecular formula is C23H33N5O2SSi. The molecular weight excluding hydrogens is 438 g/mol. The number of hydrogen-bond donors (Lipinski definition) is 1. The zero-order chi connectivity index (χ0) is 22.9. The van der Waals surface area contributed by atoms with Gasteiger partial charge in [0.1, 0.15) is 4.88 Å². The summed E-state index contributed by atoms with van der Waals surface area (Å²) in [5.74, 6) is 0.0949. The number of piperazine rings is 1. The van der Waals surface area contributed by atoms with Crippen molar-refractivity contribution in [1.29, 1.82) is 0 Å². The quantitative estimate of drug-likeness (QED) is 0.691. The van der Waals surface area contributed by atoms with Crippen molar-refractivity contribution in [3.8, 4) is 0 Å². The number of thiazole rings is 1. The Bertz CT molecular complexity index is 966. The first-order chi connectivity index (χ1) is 15.2. The summed E-state index contributed by atoms with van der Waals surface area (Å²) in [7, 11) is -1.35. The number of amides is 3. The summed E-state index contributed by atoms with van der Waals surface area (Å²) < 4.78 is 0. The van der Waals surface area contributed by atoms with Gasteiger partial charge in [-0.1, -0.05) is 48.3 Å². The third kappa shape index (κ3) is 4.99. The molecule has 2 aromatic rings. The predicted octanol–water partition coefficient (Wildman–Crippen LogP) is 3.67. The topological polar surface area (TPSA) is 68.8 Å². The molecule has 2 aliphatic rings. The number of carbonyl (C=O) groups excluding carboxylic acids is 2. The molecule has 1 atom stereocenters. The fourth-order valence-electron chi connectivity index (χ4n) is 4.27. The Morgan fingerprint density at radius 3 is 2.38 bits per heavy atom. The van der Waals surface area contributed by atoms with E-state index in [1.165, 1.54) is 16.5 Å². The molecule has 0 aliphatic carbocycles. The fourth-order valence-corrected chi connectivity index (χ4v) is 6.35. The van der Waals surface area contributed by atoms with Gasteiger partial charge in [0.15, 0.2) is 5.13 Å². The first kappa shape index (κ1) is 22.8. The highest BCUT2D eigenvalue weighted by Gasteiger charge is 2.30. The summed E-state index contributed by atoms with van der Waals surface area (Å²) in [6.07, 6.45) is 3.87. The molecule has 172 valence electrons. The van der Waals surface area contributed by atoms with E-state index < -0.39 is 8.07 Å². The first-order valence-corrected chi connectivity index (χ1v) is 15.7. The van der Waals surface area contributed by atoms with Crippen molar-refractivity contribution in [3.63, 3.8) is 0 Å². The molecule has 0 saturated carbocycles. The van der Waals surface area contributed by atoms with Gasteiger partial charge in [-0.15, -0.1) is 0 Å². The van der Waals surface area contributed by atoms with Crippen LogP contribution in [0.1, 0.15) is 29.4 Å². The lowest BCUT2D eigenvalue weighted by molar-refractivity contribution is 0.0797. The minimum Gasteiger partial charge on any atom is -0.344 e. The second kappa shape index (κ2) is 9.23. The van der Waals surface area contributed by atoms with Gasteiger partial charge in [-0.2, -0.15) is 0 Å². The van der Waals surface area contributed by atoms with Crippen LogP contribution in [-0.4, -0.2) is 73.6 Å². The Morgan fingerprint density at radius 2 is 1.75 bits per heavy atom. The average molecular weight is 472 g/mol. The summed E-state index contributed by atoms with van der Waals surface area (Å²) in [5.41, 5.74) is 0.830. The van der Waals surface area contributed by atoms with E-state index in [0.29, 0.717) is 24.5 Å². The van der Waals surface area contributed by atoms with Crippen molar-refractivity contribution < 1.29 is 9.59 Å². The molecule has 2 fully saturated rings. The molecule has 9 heteroatoms. The van der Waals surface area contributed by atoms with Gasteiger partial charge in [0.05, 0.1) is 14.3 Å². The number of benzene rings is 1. The normalized spacial score (nSPS) is 19.4. The van der Waals surface area contributed by atoms with Gasteiger partial charge in [-0.3, -0.25) is 4.79 Å². The van der Waals surface area contributed by atoms with Crippen LogP contribution in [0.2, 0.25) is 19.6 Å². The van der Waals surface area contributed by atoms with Gasteiger partial charge in [-0.05, 0) is 31.9 Å². The minimum atomic E-state index is -1.35. The van der Waals surface area contributed by atoms with Crippen LogP contribution in [0.15, 0.2) is 30.5 Å². The maximum absolute atomic E-state index is 12.9. The van der Waals surface area contributed by atoms with Crippen LogP contribution in [0.3, 0.4) is 0 Å². The Kier molecular flexibility index (Phi) is 6.57. The molecule has 3 amide bonds. The number of urea groups is 1. The molecule has 0 bridgehead atoms. The largest absolute Gasteiger partial charge is 0.344 e. The predicted molar refractivity (Wildman–Crippen MR) is 134 cm³/mol. The molecule has 4 rings (SSSR count). The van der Waals surface area contributed by atoms with E-state index in [-0.39, 0.29) is 18.0 Å². The second-order valence-corrected chi connectivity index (χ2v) is 15.8. The summed E-state index contributed by atoms with van der Waals surface area (Å²) in [4.78, 5) is 36.7. The van der Waals surface area contributed by atoms with Crippen molar-refractivity contribution in [2.24, 2.45) is 0 Å². The van der Waals surface area contributed by atoms with Crippen LogP contribution < -0.4 is 15.4 Å². The van der Waals surface area contributed by atoms with Crippen molar-refractivity contribution in [2.75, 3.05) is 42.9 Å². The van der Waals surface area contributed by atoms with E-state index >= 15 is 0 Å². The Labute approximate surface area is 195 Å². The average Bonchev–Trinajstić information content (AvgIpc) is 3.45. The highest BCUT2D eigenvalue weighted by molar-refractivity contribution is 7.17. The van der Waals surface area contributed by atoms with Crippen molar-refractivity contribution >= 4 is 47.4 Å². The van der Waals surface area contributed by atoms with Gasteiger partial charge >= 0.3 is 6.03 Å². The lowest BCUT2D eigenvalue weighted by Crippen LogP contribution is -2.55. The van der Waals surface area contributed by atoms with Gasteiger partial charge in [-0.25, -0.2) is 9.78 Å². The van der Waals surface area contributed by atoms with Crippen molar-refractivity contribution in [2.45, 2.75) is 45.4 Å². The van der Waals surface area contributed by atoms with E-state index in [9.17, 15) is 9.59 Å². The summed E-state index contributed by atoms with van der Waals surface area (Å²) in [6.45, 7) is 12.7. The highest BCUT2D eigenvalue weighted by atomic mass is 32.1. The number of hydrogen-bond acceptors (Lipinski definition) is 5. The number of anilines is 2. The summed E-state index contributed by atoms with van der Waals surface area (Å²) >= 11 is 1.46. The van der Waals surface area contributed by atoms with Gasteiger partial charge < -0.3 is 20.0 Å². The first-order valence-electron chi connectivity index (χ1n) is 11.4. The zero-order valence-electron chi connectivity index (χ0n) is 19.4. The number of aromatic nitrogens is 1. The standard InChI is InChI=1S/C23H33N5O2SSi/c1-17-16-27(23-24-15-20(31-23)21(29)26-11-5-6-12-26)13-14-28(17)22(30)25-18-7-9-19(10-8-18)32(2,3)4/h7-10,15,17H,5-6,11-14,16H2,1-4H3,(H,25,30)/t17-/m1/s1. The van der Waals surface area contributed by atoms with E-state index in [2.05, 4.69) is 53.9 Å². The molecule has 1 aromatic carbocycles. The maximum atomic E-state index is 12.9. The number of nitrogens with zero attached hydrogens (tertiary/aromatic N) is 4.